The van der Waals surface area contributed by atoms with Crippen LogP contribution in [0.15, 0.2) is 76.9 Å². The normalized spacial score (nSPS) is 11.4. The van der Waals surface area contributed by atoms with Gasteiger partial charge in [0, 0.05) is 51.3 Å². The van der Waals surface area contributed by atoms with Gasteiger partial charge < -0.3 is 15.2 Å². The van der Waals surface area contributed by atoms with E-state index in [-0.39, 0.29) is 5.56 Å². The highest BCUT2D eigenvalue weighted by molar-refractivity contribution is 5.79. The van der Waals surface area contributed by atoms with E-state index in [0.717, 1.165) is 50.5 Å². The number of aryl methyl sites for hydroxylation is 1. The molecule has 7 nitrogen and oxygen atoms in total. The number of aromatic nitrogens is 3. The summed E-state index contributed by atoms with van der Waals surface area (Å²) in [5.74, 6) is 0.801. The monoisotopic (exact) mass is 392 g/mol. The third-order valence-electron chi connectivity index (χ3n) is 4.65. The number of benzene rings is 1. The second-order valence-corrected chi connectivity index (χ2v) is 6.73. The standard InChI is InChI=1S/C22H28N6O/c1-23-22(24-13-3-5-17-27-16-4-2-7-21(27)29)25-15-12-19-8-10-20(11-9-19)28-18-6-14-26-28/h2,4,6-11,14,16,18H,3,5,12-13,15,17H2,1H3,(H2,23,24,25). The Morgan fingerprint density at radius 3 is 2.55 bits per heavy atom. The molecular formula is C22H28N6O. The van der Waals surface area contributed by atoms with Crippen LogP contribution in [0.5, 0.6) is 0 Å². The van der Waals surface area contributed by atoms with Gasteiger partial charge in [0.15, 0.2) is 5.96 Å². The third-order valence-corrected chi connectivity index (χ3v) is 4.65. The van der Waals surface area contributed by atoms with Crippen molar-refractivity contribution in [3.05, 3.63) is 83.0 Å². The average Bonchev–Trinajstić information content (AvgIpc) is 3.29. The Morgan fingerprint density at radius 1 is 1.00 bits per heavy atom. The van der Waals surface area contributed by atoms with Gasteiger partial charge >= 0.3 is 0 Å². The largest absolute Gasteiger partial charge is 0.356 e. The van der Waals surface area contributed by atoms with Crippen molar-refractivity contribution in [1.82, 2.24) is 25.0 Å². The number of aliphatic imine (C=N–C) groups is 1. The number of hydrogen-bond acceptors (Lipinski definition) is 3. The number of guanidine groups is 1. The van der Waals surface area contributed by atoms with E-state index in [1.807, 2.05) is 29.2 Å². The van der Waals surface area contributed by atoms with Gasteiger partial charge in [0.05, 0.1) is 5.69 Å². The predicted octanol–water partition coefficient (Wildman–Crippen LogP) is 2.22. The van der Waals surface area contributed by atoms with Crippen molar-refractivity contribution in [2.75, 3.05) is 20.1 Å². The Balaban J connectivity index is 1.33. The van der Waals surface area contributed by atoms with Crippen molar-refractivity contribution < 1.29 is 0 Å². The smallest absolute Gasteiger partial charge is 0.250 e. The Hall–Kier alpha value is -3.35. The van der Waals surface area contributed by atoms with Gasteiger partial charge in [0.25, 0.3) is 0 Å². The molecule has 0 aliphatic rings. The minimum atomic E-state index is 0.0515. The number of nitrogens with zero attached hydrogens (tertiary/aromatic N) is 4. The Morgan fingerprint density at radius 2 is 1.83 bits per heavy atom. The lowest BCUT2D eigenvalue weighted by molar-refractivity contribution is 0.585. The molecule has 0 aliphatic carbocycles. The predicted molar refractivity (Wildman–Crippen MR) is 117 cm³/mol. The highest BCUT2D eigenvalue weighted by Gasteiger charge is 2.00. The highest BCUT2D eigenvalue weighted by atomic mass is 16.1. The molecule has 3 aromatic rings. The molecule has 152 valence electrons. The first-order chi connectivity index (χ1) is 14.3. The number of rotatable bonds is 9. The molecule has 2 N–H and O–H groups in total. The Kier molecular flexibility index (Phi) is 7.63. The van der Waals surface area contributed by atoms with Crippen LogP contribution in [0.1, 0.15) is 18.4 Å². The number of unbranched alkanes of at least 4 members (excludes halogenated alkanes) is 1. The molecule has 7 heteroatoms. The van der Waals surface area contributed by atoms with E-state index in [2.05, 4.69) is 45.0 Å². The molecule has 0 spiro atoms. The van der Waals surface area contributed by atoms with Crippen molar-refractivity contribution in [2.24, 2.45) is 4.99 Å². The number of pyridine rings is 1. The summed E-state index contributed by atoms with van der Waals surface area (Å²) in [4.78, 5) is 15.9. The zero-order valence-corrected chi connectivity index (χ0v) is 16.8. The lowest BCUT2D eigenvalue weighted by atomic mass is 10.1. The highest BCUT2D eigenvalue weighted by Crippen LogP contribution is 2.08. The molecular weight excluding hydrogens is 364 g/mol. The maximum atomic E-state index is 11.7. The molecule has 0 bridgehead atoms. The maximum absolute atomic E-state index is 11.7. The fourth-order valence-corrected chi connectivity index (χ4v) is 3.04. The summed E-state index contributed by atoms with van der Waals surface area (Å²) in [6.45, 7) is 2.36. The maximum Gasteiger partial charge on any atom is 0.250 e. The van der Waals surface area contributed by atoms with Gasteiger partial charge in [0.2, 0.25) is 5.56 Å². The van der Waals surface area contributed by atoms with Crippen LogP contribution >= 0.6 is 0 Å². The van der Waals surface area contributed by atoms with E-state index in [1.165, 1.54) is 5.56 Å². The molecule has 0 amide bonds. The summed E-state index contributed by atoms with van der Waals surface area (Å²) in [6, 6.07) is 15.6. The van der Waals surface area contributed by atoms with Gasteiger partial charge in [-0.05, 0) is 49.1 Å². The van der Waals surface area contributed by atoms with Gasteiger partial charge in [-0.1, -0.05) is 18.2 Å². The molecule has 1 aromatic carbocycles. The summed E-state index contributed by atoms with van der Waals surface area (Å²) >= 11 is 0. The van der Waals surface area contributed by atoms with Crippen LogP contribution in [0.3, 0.4) is 0 Å². The van der Waals surface area contributed by atoms with Crippen molar-refractivity contribution in [3.63, 3.8) is 0 Å². The SMILES string of the molecule is CN=C(NCCCCn1ccccc1=O)NCCc1ccc(-n2cccn2)cc1. The quantitative estimate of drug-likeness (QED) is 0.333. The van der Waals surface area contributed by atoms with Gasteiger partial charge in [-0.3, -0.25) is 9.79 Å². The molecule has 2 aromatic heterocycles. The summed E-state index contributed by atoms with van der Waals surface area (Å²) < 4.78 is 3.59. The van der Waals surface area contributed by atoms with Crippen molar-refractivity contribution in [3.8, 4) is 5.69 Å². The molecule has 2 heterocycles. The van der Waals surface area contributed by atoms with E-state index in [0.29, 0.717) is 0 Å². The van der Waals surface area contributed by atoms with Gasteiger partial charge in [0.1, 0.15) is 0 Å². The summed E-state index contributed by atoms with van der Waals surface area (Å²) in [5, 5.41) is 10.9. The minimum absolute atomic E-state index is 0.0515. The first kappa shape index (κ1) is 20.4. The molecule has 0 aliphatic heterocycles. The summed E-state index contributed by atoms with van der Waals surface area (Å²) in [7, 11) is 1.78. The fraction of sp³-hybridized carbons (Fsp3) is 0.318. The van der Waals surface area contributed by atoms with Crippen molar-refractivity contribution >= 4 is 5.96 Å². The van der Waals surface area contributed by atoms with Crippen LogP contribution in [0.25, 0.3) is 5.69 Å². The molecule has 0 unspecified atom stereocenters. The van der Waals surface area contributed by atoms with Crippen LogP contribution in [0.4, 0.5) is 0 Å². The van der Waals surface area contributed by atoms with Gasteiger partial charge in [-0.15, -0.1) is 0 Å². The minimum Gasteiger partial charge on any atom is -0.356 e. The first-order valence-corrected chi connectivity index (χ1v) is 9.95. The lowest BCUT2D eigenvalue weighted by Crippen LogP contribution is -2.38. The number of hydrogen-bond donors (Lipinski definition) is 2. The van der Waals surface area contributed by atoms with E-state index >= 15 is 0 Å². The Labute approximate surface area is 171 Å². The third kappa shape index (κ3) is 6.34. The summed E-state index contributed by atoms with van der Waals surface area (Å²) in [6.07, 6.45) is 8.37. The second kappa shape index (κ2) is 10.8. The lowest BCUT2D eigenvalue weighted by Gasteiger charge is -2.12. The molecule has 0 saturated carbocycles. The topological polar surface area (TPSA) is 76.2 Å². The van der Waals surface area contributed by atoms with E-state index in [4.69, 9.17) is 0 Å². The van der Waals surface area contributed by atoms with Gasteiger partial charge in [-0.25, -0.2) is 4.68 Å². The Bertz CT molecular complexity index is 944. The van der Waals surface area contributed by atoms with Gasteiger partial charge in [-0.2, -0.15) is 5.10 Å². The molecule has 3 rings (SSSR count). The molecule has 0 radical (unpaired) electrons. The molecule has 0 atom stereocenters. The number of nitrogens with one attached hydrogen (secondary N) is 2. The van der Waals surface area contributed by atoms with E-state index in [1.54, 1.807) is 29.9 Å². The first-order valence-electron chi connectivity index (χ1n) is 9.95. The van der Waals surface area contributed by atoms with Crippen LogP contribution in [-0.2, 0) is 13.0 Å². The summed E-state index contributed by atoms with van der Waals surface area (Å²) in [5.41, 5.74) is 2.37. The van der Waals surface area contributed by atoms with E-state index in [9.17, 15) is 4.79 Å². The van der Waals surface area contributed by atoms with Crippen LogP contribution in [0, 0.1) is 0 Å². The molecule has 0 saturated heterocycles. The molecule has 0 fully saturated rings. The fourth-order valence-electron chi connectivity index (χ4n) is 3.04. The van der Waals surface area contributed by atoms with Crippen molar-refractivity contribution in [1.29, 1.82) is 0 Å². The van der Waals surface area contributed by atoms with Crippen LogP contribution in [-0.4, -0.2) is 40.4 Å². The second-order valence-electron chi connectivity index (χ2n) is 6.73. The van der Waals surface area contributed by atoms with Crippen LogP contribution < -0.4 is 16.2 Å². The van der Waals surface area contributed by atoms with E-state index < -0.39 is 0 Å². The zero-order chi connectivity index (χ0) is 20.3. The zero-order valence-electron chi connectivity index (χ0n) is 16.8. The van der Waals surface area contributed by atoms with Crippen LogP contribution in [0.2, 0.25) is 0 Å². The average molecular weight is 393 g/mol. The molecule has 29 heavy (non-hydrogen) atoms. The van der Waals surface area contributed by atoms with Crippen molar-refractivity contribution in [2.45, 2.75) is 25.8 Å².